The third-order valence-electron chi connectivity index (χ3n) is 2.49. The monoisotopic (exact) mass is 275 g/mol. The fraction of sp³-hybridized carbons (Fsp3) is 1.00. The van der Waals surface area contributed by atoms with E-state index >= 15 is 0 Å². The van der Waals surface area contributed by atoms with Gasteiger partial charge in [0.05, 0.1) is 0 Å². The summed E-state index contributed by atoms with van der Waals surface area (Å²) in [6, 6.07) is 0.770. The first-order chi connectivity index (χ1) is 5.74. The van der Waals surface area contributed by atoms with Gasteiger partial charge in [0.15, 0.2) is 0 Å². The third-order valence-corrected chi connectivity index (χ3v) is 3.65. The Bertz CT molecular complexity index is 130. The summed E-state index contributed by atoms with van der Waals surface area (Å²) in [5.41, 5.74) is 0. The summed E-state index contributed by atoms with van der Waals surface area (Å²) in [7, 11) is 0. The van der Waals surface area contributed by atoms with Crippen LogP contribution in [0.25, 0.3) is 0 Å². The molecule has 1 atom stereocenters. The van der Waals surface area contributed by atoms with Crippen LogP contribution in [0.2, 0.25) is 0 Å². The van der Waals surface area contributed by atoms with E-state index in [0.717, 1.165) is 6.04 Å². The number of hydrogen-bond donors (Lipinski definition) is 0. The topological polar surface area (TPSA) is 6.48 Å². The molecule has 3 heteroatoms. The molecule has 69 valence electrons. The van der Waals surface area contributed by atoms with Crippen molar-refractivity contribution in [1.82, 2.24) is 8.02 Å². The van der Waals surface area contributed by atoms with E-state index < -0.39 is 0 Å². The van der Waals surface area contributed by atoms with Crippen molar-refractivity contribution in [1.29, 1.82) is 0 Å². The van der Waals surface area contributed by atoms with Crippen molar-refractivity contribution in [2.45, 2.75) is 32.7 Å². The van der Waals surface area contributed by atoms with Crippen molar-refractivity contribution in [2.24, 2.45) is 0 Å². The predicted octanol–water partition coefficient (Wildman–Crippen LogP) is 0.876. The van der Waals surface area contributed by atoms with Gasteiger partial charge in [-0.25, -0.2) is 0 Å². The molecule has 0 amide bonds. The summed E-state index contributed by atoms with van der Waals surface area (Å²) >= 11 is 1.59. The predicted molar refractivity (Wildman–Crippen MR) is 53.3 cm³/mol. The van der Waals surface area contributed by atoms with E-state index in [1.54, 1.807) is 22.8 Å². The molecule has 1 unspecified atom stereocenters. The minimum atomic E-state index is 0.770. The molecule has 2 nitrogen and oxygen atoms in total. The second-order valence-electron chi connectivity index (χ2n) is 3.68. The Hall–Kier alpha value is 0.719. The summed E-state index contributed by atoms with van der Waals surface area (Å²) in [6.45, 7) is 9.80. The van der Waals surface area contributed by atoms with Crippen molar-refractivity contribution in [3.8, 4) is 0 Å². The van der Waals surface area contributed by atoms with Crippen LogP contribution in [0.5, 0.6) is 0 Å². The van der Waals surface area contributed by atoms with Crippen LogP contribution < -0.4 is 0 Å². The van der Waals surface area contributed by atoms with Crippen LogP contribution >= 0.6 is 0 Å². The van der Waals surface area contributed by atoms with Crippen LogP contribution in [0.4, 0.5) is 0 Å². The van der Waals surface area contributed by atoms with Crippen LogP contribution in [0.15, 0.2) is 0 Å². The van der Waals surface area contributed by atoms with Gasteiger partial charge in [-0.05, 0) is 0 Å². The molecule has 1 aliphatic heterocycles. The molecule has 1 saturated heterocycles. The molecule has 0 bridgehead atoms. The van der Waals surface area contributed by atoms with Gasteiger partial charge in [0, 0.05) is 0 Å². The summed E-state index contributed by atoms with van der Waals surface area (Å²) in [4.78, 5) is 2.63. The second kappa shape index (κ2) is 5.45. The Morgan fingerprint density at radius 3 is 2.83 bits per heavy atom. The Balaban J connectivity index is 2.40. The van der Waals surface area contributed by atoms with Crippen LogP contribution in [-0.4, -0.2) is 63.0 Å². The zero-order valence-corrected chi connectivity index (χ0v) is 11.1. The van der Waals surface area contributed by atoms with Gasteiger partial charge in [-0.15, -0.1) is 0 Å². The first-order valence-corrected chi connectivity index (χ1v) is 6.22. The molecule has 0 spiro atoms. The Morgan fingerprint density at radius 1 is 1.42 bits per heavy atom. The van der Waals surface area contributed by atoms with Crippen LogP contribution in [-0.2, 0) is 0 Å². The van der Waals surface area contributed by atoms with E-state index in [1.807, 2.05) is 0 Å². The zero-order valence-electron chi connectivity index (χ0n) is 8.21. The van der Waals surface area contributed by atoms with Gasteiger partial charge in [-0.1, -0.05) is 0 Å². The molecule has 0 aromatic carbocycles. The molecule has 0 aliphatic carbocycles. The Morgan fingerprint density at radius 2 is 2.17 bits per heavy atom. The van der Waals surface area contributed by atoms with E-state index in [1.165, 1.54) is 39.0 Å². The number of hydrogen-bond acceptors (Lipinski definition) is 2. The number of rotatable bonds is 2. The molecule has 1 heterocycles. The molecular formula is C9H19N2Sn. The second-order valence-corrected chi connectivity index (χ2v) is 5.49. The van der Waals surface area contributed by atoms with E-state index in [9.17, 15) is 0 Å². The standard InChI is InChI=1S/C9H19N2.Sn/c1-3-6-11-7-4-5-10-8-9(11)2;/h9H,3-8H2,1-2H3;/q-1;+1. The molecule has 1 fully saturated rings. The minimum absolute atomic E-state index is 0.770. The molecule has 0 N–H and O–H groups in total. The van der Waals surface area contributed by atoms with Crippen molar-refractivity contribution in [2.75, 3.05) is 26.2 Å². The van der Waals surface area contributed by atoms with Crippen LogP contribution in [0.1, 0.15) is 26.7 Å². The summed E-state index contributed by atoms with van der Waals surface area (Å²) in [6.07, 6.45) is 2.65. The summed E-state index contributed by atoms with van der Waals surface area (Å²) in [5.74, 6) is 0. The van der Waals surface area contributed by atoms with Gasteiger partial charge in [-0.2, -0.15) is 0 Å². The Kier molecular flexibility index (Phi) is 4.90. The average molecular weight is 274 g/mol. The first kappa shape index (κ1) is 10.8. The quantitative estimate of drug-likeness (QED) is 0.690. The van der Waals surface area contributed by atoms with Gasteiger partial charge in [0.25, 0.3) is 0 Å². The third kappa shape index (κ3) is 3.22. The summed E-state index contributed by atoms with van der Waals surface area (Å²) in [5, 5.41) is 0. The Labute approximate surface area is 89.7 Å². The van der Waals surface area contributed by atoms with E-state index in [2.05, 4.69) is 21.9 Å². The molecule has 1 aliphatic rings. The van der Waals surface area contributed by atoms with Crippen molar-refractivity contribution in [3.63, 3.8) is 0 Å². The maximum absolute atomic E-state index is 2.63. The fourth-order valence-electron chi connectivity index (χ4n) is 1.83. The fourth-order valence-corrected chi connectivity index (χ4v) is 3.04. The molecule has 0 aromatic rings. The van der Waals surface area contributed by atoms with Crippen molar-refractivity contribution < 1.29 is 0 Å². The molecule has 12 heavy (non-hydrogen) atoms. The van der Waals surface area contributed by atoms with Gasteiger partial charge < -0.3 is 0 Å². The van der Waals surface area contributed by atoms with Crippen molar-refractivity contribution >= 4 is 22.8 Å². The van der Waals surface area contributed by atoms with Crippen molar-refractivity contribution in [3.05, 3.63) is 0 Å². The van der Waals surface area contributed by atoms with E-state index in [4.69, 9.17) is 0 Å². The molecule has 1 rings (SSSR count). The molecular weight excluding hydrogens is 255 g/mol. The zero-order chi connectivity index (χ0) is 8.97. The van der Waals surface area contributed by atoms with Crippen LogP contribution in [0.3, 0.4) is 0 Å². The van der Waals surface area contributed by atoms with E-state index in [-0.39, 0.29) is 0 Å². The normalized spacial score (nSPS) is 28.8. The average Bonchev–Trinajstić information content (AvgIpc) is 2.15. The molecule has 0 saturated carbocycles. The van der Waals surface area contributed by atoms with Gasteiger partial charge in [0.1, 0.15) is 0 Å². The number of nitrogens with zero attached hydrogens (tertiary/aromatic N) is 2. The van der Waals surface area contributed by atoms with Crippen LogP contribution in [0, 0.1) is 0 Å². The van der Waals surface area contributed by atoms with Gasteiger partial charge >= 0.3 is 89.7 Å². The maximum atomic E-state index is 2.63. The first-order valence-electron chi connectivity index (χ1n) is 4.94. The molecule has 0 aromatic heterocycles. The SMILES string of the molecule is CCCN1CCC[N]([Sn])CC1C. The molecule has 3 radical (unpaired) electrons. The van der Waals surface area contributed by atoms with Gasteiger partial charge in [0.2, 0.25) is 0 Å². The van der Waals surface area contributed by atoms with Gasteiger partial charge in [-0.3, -0.25) is 0 Å². The van der Waals surface area contributed by atoms with E-state index in [0.29, 0.717) is 0 Å². The summed E-state index contributed by atoms with van der Waals surface area (Å²) < 4.78 is 2.53.